The largest absolute Gasteiger partial charge is 0.443 e. The molecule has 0 radical (unpaired) electrons. The summed E-state index contributed by atoms with van der Waals surface area (Å²) < 4.78 is 6.12. The van der Waals surface area contributed by atoms with Crippen molar-refractivity contribution in [2.75, 3.05) is 0 Å². The molecule has 1 aromatic rings. The van der Waals surface area contributed by atoms with Crippen molar-refractivity contribution < 1.29 is 9.53 Å². The summed E-state index contributed by atoms with van der Waals surface area (Å²) in [6, 6.07) is 3.99. The van der Waals surface area contributed by atoms with E-state index >= 15 is 0 Å². The van der Waals surface area contributed by atoms with Crippen molar-refractivity contribution in [1.82, 2.24) is 0 Å². The molecule has 1 aromatic heterocycles. The molecule has 12 heavy (non-hydrogen) atoms. The van der Waals surface area contributed by atoms with Gasteiger partial charge < -0.3 is 4.74 Å². The molecule has 1 aliphatic heterocycles. The summed E-state index contributed by atoms with van der Waals surface area (Å²) in [7, 11) is 0. The third-order valence-electron chi connectivity index (χ3n) is 1.35. The van der Waals surface area contributed by atoms with Crippen LogP contribution in [0.25, 0.3) is 0 Å². The molecule has 0 aromatic carbocycles. The maximum atomic E-state index is 10.7. The average Bonchev–Trinajstić information content (AvgIpc) is 2.63. The highest BCUT2D eigenvalue weighted by Crippen LogP contribution is 2.30. The molecule has 2 rings (SSSR count). The number of thioether (sulfide) groups is 1. The summed E-state index contributed by atoms with van der Waals surface area (Å²) in [6.07, 6.45) is 3.23. The van der Waals surface area contributed by atoms with Gasteiger partial charge in [-0.25, -0.2) is 4.79 Å². The number of ether oxygens (including phenoxy) is 1. The predicted octanol–water partition coefficient (Wildman–Crippen LogP) is 2.28. The molecule has 0 N–H and O–H groups in total. The van der Waals surface area contributed by atoms with Gasteiger partial charge in [0.1, 0.15) is 0 Å². The van der Waals surface area contributed by atoms with E-state index in [9.17, 15) is 4.79 Å². The van der Waals surface area contributed by atoms with E-state index in [1.54, 1.807) is 29.2 Å². The molecule has 0 amide bonds. The third-order valence-corrected chi connectivity index (χ3v) is 3.44. The Kier molecular flexibility index (Phi) is 2.19. The van der Waals surface area contributed by atoms with E-state index in [0.717, 1.165) is 0 Å². The second kappa shape index (κ2) is 3.33. The van der Waals surface area contributed by atoms with Crippen LogP contribution in [-0.2, 0) is 9.53 Å². The van der Waals surface area contributed by atoms with Crippen molar-refractivity contribution in [1.29, 1.82) is 0 Å². The highest BCUT2D eigenvalue weighted by atomic mass is 32.2. The first-order chi connectivity index (χ1) is 5.84. The minimum absolute atomic E-state index is 0.129. The predicted molar refractivity (Wildman–Crippen MR) is 49.2 cm³/mol. The van der Waals surface area contributed by atoms with Crippen molar-refractivity contribution in [2.45, 2.75) is 9.65 Å². The lowest BCUT2D eigenvalue weighted by Crippen LogP contribution is -2.01. The lowest BCUT2D eigenvalue weighted by molar-refractivity contribution is -0.135. The standard InChI is InChI=1S/C8H6O2S2/c9-6-3-4-7(10-6)12-8-2-1-5-11-8/h1-5,7H. The van der Waals surface area contributed by atoms with E-state index in [2.05, 4.69) is 0 Å². The maximum absolute atomic E-state index is 10.7. The minimum Gasteiger partial charge on any atom is -0.443 e. The van der Waals surface area contributed by atoms with Gasteiger partial charge in [-0.15, -0.1) is 11.3 Å². The van der Waals surface area contributed by atoms with Gasteiger partial charge >= 0.3 is 5.97 Å². The molecule has 0 aliphatic carbocycles. The van der Waals surface area contributed by atoms with Crippen LogP contribution in [-0.4, -0.2) is 11.4 Å². The lowest BCUT2D eigenvalue weighted by Gasteiger charge is -2.04. The highest BCUT2D eigenvalue weighted by Gasteiger charge is 2.17. The van der Waals surface area contributed by atoms with Crippen LogP contribution in [0.4, 0.5) is 0 Å². The Morgan fingerprint density at radius 3 is 3.08 bits per heavy atom. The SMILES string of the molecule is O=C1C=CC(Sc2cccs2)O1. The molecule has 0 saturated carbocycles. The molecule has 4 heteroatoms. The number of carbonyl (C=O) groups is 1. The van der Waals surface area contributed by atoms with Crippen LogP contribution in [0.15, 0.2) is 33.9 Å². The summed E-state index contributed by atoms with van der Waals surface area (Å²) >= 11 is 3.20. The van der Waals surface area contributed by atoms with Crippen molar-refractivity contribution in [3.63, 3.8) is 0 Å². The van der Waals surface area contributed by atoms with E-state index in [1.807, 2.05) is 17.5 Å². The fourth-order valence-electron chi connectivity index (χ4n) is 0.859. The van der Waals surface area contributed by atoms with E-state index in [4.69, 9.17) is 4.74 Å². The molecule has 1 atom stereocenters. The topological polar surface area (TPSA) is 26.3 Å². The first kappa shape index (κ1) is 7.89. The fourth-order valence-corrected chi connectivity index (χ4v) is 2.67. The molecule has 2 nitrogen and oxygen atoms in total. The number of esters is 1. The summed E-state index contributed by atoms with van der Waals surface area (Å²) in [5, 5.41) is 2.00. The summed E-state index contributed by atoms with van der Waals surface area (Å²) in [4.78, 5) is 10.7. The molecular formula is C8H6O2S2. The monoisotopic (exact) mass is 198 g/mol. The van der Waals surface area contributed by atoms with Crippen LogP contribution in [0.5, 0.6) is 0 Å². The Bertz CT molecular complexity index is 303. The van der Waals surface area contributed by atoms with Crippen molar-refractivity contribution in [3.05, 3.63) is 29.7 Å². The minimum atomic E-state index is -0.246. The van der Waals surface area contributed by atoms with E-state index in [1.165, 1.54) is 10.3 Å². The van der Waals surface area contributed by atoms with Gasteiger partial charge in [0.05, 0.1) is 4.21 Å². The molecule has 62 valence electrons. The van der Waals surface area contributed by atoms with Crippen LogP contribution in [0.2, 0.25) is 0 Å². The Morgan fingerprint density at radius 1 is 1.58 bits per heavy atom. The third kappa shape index (κ3) is 1.70. The number of cyclic esters (lactones) is 1. The highest BCUT2D eigenvalue weighted by molar-refractivity contribution is 8.01. The van der Waals surface area contributed by atoms with Gasteiger partial charge in [-0.3, -0.25) is 0 Å². The smallest absolute Gasteiger partial charge is 0.332 e. The van der Waals surface area contributed by atoms with Gasteiger partial charge in [-0.1, -0.05) is 17.8 Å². The van der Waals surface area contributed by atoms with Crippen LogP contribution in [0, 0.1) is 0 Å². The molecule has 2 heterocycles. The molecule has 0 saturated heterocycles. The second-order valence-electron chi connectivity index (χ2n) is 2.21. The number of hydrogen-bond acceptors (Lipinski definition) is 4. The number of hydrogen-bond donors (Lipinski definition) is 0. The first-order valence-electron chi connectivity index (χ1n) is 3.43. The molecule has 1 unspecified atom stereocenters. The summed E-state index contributed by atoms with van der Waals surface area (Å²) in [5.41, 5.74) is -0.129. The van der Waals surface area contributed by atoms with Gasteiger partial charge in [0.25, 0.3) is 0 Å². The van der Waals surface area contributed by atoms with Crippen LogP contribution in [0.3, 0.4) is 0 Å². The van der Waals surface area contributed by atoms with Crippen LogP contribution in [0.1, 0.15) is 0 Å². The second-order valence-corrected chi connectivity index (χ2v) is 4.56. The van der Waals surface area contributed by atoms with E-state index in [-0.39, 0.29) is 11.4 Å². The van der Waals surface area contributed by atoms with E-state index in [0.29, 0.717) is 0 Å². The lowest BCUT2D eigenvalue weighted by atomic mass is 10.6. The molecule has 0 fully saturated rings. The average molecular weight is 198 g/mol. The maximum Gasteiger partial charge on any atom is 0.332 e. The van der Waals surface area contributed by atoms with Crippen molar-refractivity contribution >= 4 is 29.1 Å². The zero-order chi connectivity index (χ0) is 8.39. The zero-order valence-electron chi connectivity index (χ0n) is 6.10. The molecular weight excluding hydrogens is 192 g/mol. The fraction of sp³-hybridized carbons (Fsp3) is 0.125. The van der Waals surface area contributed by atoms with Gasteiger partial charge in [0, 0.05) is 6.08 Å². The number of carbonyl (C=O) groups excluding carboxylic acids is 1. The molecule has 0 spiro atoms. The van der Waals surface area contributed by atoms with Gasteiger partial charge in [0.2, 0.25) is 0 Å². The molecule has 1 aliphatic rings. The number of thiophene rings is 1. The van der Waals surface area contributed by atoms with Crippen molar-refractivity contribution in [2.24, 2.45) is 0 Å². The van der Waals surface area contributed by atoms with Crippen molar-refractivity contribution in [3.8, 4) is 0 Å². The van der Waals surface area contributed by atoms with Gasteiger partial charge in [-0.05, 0) is 17.5 Å². The summed E-state index contributed by atoms with van der Waals surface area (Å²) in [6.45, 7) is 0. The first-order valence-corrected chi connectivity index (χ1v) is 5.19. The number of rotatable bonds is 2. The van der Waals surface area contributed by atoms with Gasteiger partial charge in [-0.2, -0.15) is 0 Å². The Balaban J connectivity index is 1.97. The summed E-state index contributed by atoms with van der Waals surface area (Å²) in [5.74, 6) is -0.246. The van der Waals surface area contributed by atoms with Crippen LogP contribution >= 0.6 is 23.1 Å². The van der Waals surface area contributed by atoms with E-state index < -0.39 is 0 Å². The molecule has 0 bridgehead atoms. The van der Waals surface area contributed by atoms with Crippen LogP contribution < -0.4 is 0 Å². The normalized spacial score (nSPS) is 21.3. The van der Waals surface area contributed by atoms with Gasteiger partial charge in [0.15, 0.2) is 5.44 Å². The Labute approximate surface area is 78.2 Å². The quantitative estimate of drug-likeness (QED) is 0.682. The Morgan fingerprint density at radius 2 is 2.50 bits per heavy atom. The zero-order valence-corrected chi connectivity index (χ0v) is 7.73. The Hall–Kier alpha value is -0.740.